The van der Waals surface area contributed by atoms with Gasteiger partial charge >= 0.3 is 0 Å². The van der Waals surface area contributed by atoms with Crippen LogP contribution in [-0.4, -0.2) is 0 Å². The quantitative estimate of drug-likeness (QED) is 0.859. The van der Waals surface area contributed by atoms with Gasteiger partial charge in [0.15, 0.2) is 0 Å². The summed E-state index contributed by atoms with van der Waals surface area (Å²) in [4.78, 5) is 0. The molecule has 0 bridgehead atoms. The number of hydrogen-bond donors (Lipinski definition) is 1. The lowest BCUT2D eigenvalue weighted by Crippen LogP contribution is -2.13. The van der Waals surface area contributed by atoms with Crippen LogP contribution in [0, 0.1) is 6.92 Å². The van der Waals surface area contributed by atoms with Crippen molar-refractivity contribution in [2.24, 2.45) is 0 Å². The van der Waals surface area contributed by atoms with Gasteiger partial charge in [-0.1, -0.05) is 57.4 Å². The normalized spacial score (nSPS) is 10.6. The van der Waals surface area contributed by atoms with E-state index in [0.717, 1.165) is 22.6 Å². The van der Waals surface area contributed by atoms with E-state index < -0.39 is 0 Å². The van der Waals surface area contributed by atoms with Crippen LogP contribution in [0.15, 0.2) is 46.9 Å². The van der Waals surface area contributed by atoms with Gasteiger partial charge in [-0.25, -0.2) is 0 Å². The fourth-order valence-electron chi connectivity index (χ4n) is 1.84. The molecule has 0 aromatic heterocycles. The molecular weight excluding hydrogens is 310 g/mol. The highest BCUT2D eigenvalue weighted by Crippen LogP contribution is 2.21. The molecule has 0 unspecified atom stereocenters. The van der Waals surface area contributed by atoms with Crippen molar-refractivity contribution in [3.05, 3.63) is 68.7 Å². The third kappa shape index (κ3) is 3.84. The van der Waals surface area contributed by atoms with E-state index in [4.69, 9.17) is 11.6 Å². The third-order valence-electron chi connectivity index (χ3n) is 2.73. The van der Waals surface area contributed by atoms with Crippen LogP contribution in [0.25, 0.3) is 0 Å². The summed E-state index contributed by atoms with van der Waals surface area (Å²) in [6, 6.07) is 14.4. The van der Waals surface area contributed by atoms with E-state index in [1.807, 2.05) is 18.2 Å². The first kappa shape index (κ1) is 13.6. The van der Waals surface area contributed by atoms with Gasteiger partial charge in [0.2, 0.25) is 0 Å². The molecule has 0 amide bonds. The van der Waals surface area contributed by atoms with Crippen LogP contribution in [0.2, 0.25) is 5.02 Å². The lowest BCUT2D eigenvalue weighted by Gasteiger charge is -2.08. The highest BCUT2D eigenvalue weighted by Gasteiger charge is 2.01. The Morgan fingerprint density at radius 2 is 1.94 bits per heavy atom. The second-order valence-corrected chi connectivity index (χ2v) is 5.62. The largest absolute Gasteiger partial charge is 0.309 e. The molecule has 0 aliphatic rings. The second kappa shape index (κ2) is 6.37. The summed E-state index contributed by atoms with van der Waals surface area (Å²) in [6.07, 6.45) is 0. The monoisotopic (exact) mass is 323 g/mol. The molecule has 0 heterocycles. The molecule has 0 fully saturated rings. The summed E-state index contributed by atoms with van der Waals surface area (Å²) >= 11 is 9.51. The Labute approximate surface area is 121 Å². The molecule has 3 heteroatoms. The van der Waals surface area contributed by atoms with Gasteiger partial charge in [0, 0.05) is 22.6 Å². The standard InChI is InChI=1S/C15H15BrClN/c1-11-3-2-4-12(7-11)9-18-10-13-8-14(17)5-6-15(13)16/h2-8,18H,9-10H2,1H3. The van der Waals surface area contributed by atoms with E-state index in [2.05, 4.69) is 52.4 Å². The van der Waals surface area contributed by atoms with Gasteiger partial charge in [-0.2, -0.15) is 0 Å². The van der Waals surface area contributed by atoms with Gasteiger partial charge in [-0.15, -0.1) is 0 Å². The zero-order chi connectivity index (χ0) is 13.0. The van der Waals surface area contributed by atoms with E-state index in [-0.39, 0.29) is 0 Å². The number of hydrogen-bond acceptors (Lipinski definition) is 1. The molecule has 2 rings (SSSR count). The fourth-order valence-corrected chi connectivity index (χ4v) is 2.42. The molecule has 0 saturated heterocycles. The molecule has 0 aliphatic carbocycles. The molecule has 2 aromatic carbocycles. The Hall–Kier alpha value is -0.830. The molecule has 18 heavy (non-hydrogen) atoms. The van der Waals surface area contributed by atoms with Gasteiger partial charge in [0.25, 0.3) is 0 Å². The molecule has 0 saturated carbocycles. The Balaban J connectivity index is 1.94. The second-order valence-electron chi connectivity index (χ2n) is 4.33. The number of halogens is 2. The average Bonchev–Trinajstić information content (AvgIpc) is 2.34. The molecule has 0 aliphatic heterocycles. The van der Waals surface area contributed by atoms with Crippen LogP contribution in [-0.2, 0) is 13.1 Å². The molecule has 2 aromatic rings. The number of benzene rings is 2. The SMILES string of the molecule is Cc1cccc(CNCc2cc(Cl)ccc2Br)c1. The predicted molar refractivity (Wildman–Crippen MR) is 80.9 cm³/mol. The van der Waals surface area contributed by atoms with Crippen molar-refractivity contribution in [1.82, 2.24) is 5.32 Å². The smallest absolute Gasteiger partial charge is 0.0410 e. The van der Waals surface area contributed by atoms with E-state index in [1.165, 1.54) is 16.7 Å². The first-order valence-electron chi connectivity index (χ1n) is 5.85. The van der Waals surface area contributed by atoms with Gasteiger partial charge < -0.3 is 5.32 Å². The first-order valence-corrected chi connectivity index (χ1v) is 7.02. The average molecular weight is 325 g/mol. The van der Waals surface area contributed by atoms with Gasteiger partial charge in [0.05, 0.1) is 0 Å². The Kier molecular flexibility index (Phi) is 4.81. The Morgan fingerprint density at radius 1 is 1.11 bits per heavy atom. The number of nitrogens with one attached hydrogen (secondary N) is 1. The van der Waals surface area contributed by atoms with Crippen molar-refractivity contribution in [2.45, 2.75) is 20.0 Å². The van der Waals surface area contributed by atoms with E-state index in [0.29, 0.717) is 0 Å². The number of aryl methyl sites for hydroxylation is 1. The van der Waals surface area contributed by atoms with E-state index in [1.54, 1.807) is 0 Å². The zero-order valence-corrected chi connectivity index (χ0v) is 12.6. The minimum absolute atomic E-state index is 0.769. The summed E-state index contributed by atoms with van der Waals surface area (Å²) in [5.74, 6) is 0. The summed E-state index contributed by atoms with van der Waals surface area (Å²) in [6.45, 7) is 3.77. The van der Waals surface area contributed by atoms with Crippen molar-refractivity contribution in [3.8, 4) is 0 Å². The van der Waals surface area contributed by atoms with Gasteiger partial charge in [-0.05, 0) is 36.2 Å². The van der Waals surface area contributed by atoms with Gasteiger partial charge in [-0.3, -0.25) is 0 Å². The van der Waals surface area contributed by atoms with Crippen LogP contribution in [0.4, 0.5) is 0 Å². The maximum Gasteiger partial charge on any atom is 0.0410 e. The molecule has 0 spiro atoms. The van der Waals surface area contributed by atoms with Gasteiger partial charge in [0.1, 0.15) is 0 Å². The molecule has 0 atom stereocenters. The molecule has 1 N–H and O–H groups in total. The lowest BCUT2D eigenvalue weighted by molar-refractivity contribution is 0.691. The number of rotatable bonds is 4. The van der Waals surface area contributed by atoms with Crippen LogP contribution >= 0.6 is 27.5 Å². The van der Waals surface area contributed by atoms with E-state index >= 15 is 0 Å². The lowest BCUT2D eigenvalue weighted by atomic mass is 10.1. The topological polar surface area (TPSA) is 12.0 Å². The van der Waals surface area contributed by atoms with Crippen LogP contribution in [0.5, 0.6) is 0 Å². The van der Waals surface area contributed by atoms with E-state index in [9.17, 15) is 0 Å². The van der Waals surface area contributed by atoms with Crippen molar-refractivity contribution < 1.29 is 0 Å². The maximum absolute atomic E-state index is 5.98. The molecule has 94 valence electrons. The highest BCUT2D eigenvalue weighted by molar-refractivity contribution is 9.10. The summed E-state index contributed by atoms with van der Waals surface area (Å²) < 4.78 is 1.09. The van der Waals surface area contributed by atoms with Crippen molar-refractivity contribution >= 4 is 27.5 Å². The molecule has 1 nitrogen and oxygen atoms in total. The minimum atomic E-state index is 0.769. The van der Waals surface area contributed by atoms with Crippen LogP contribution in [0.3, 0.4) is 0 Å². The molecule has 0 radical (unpaired) electrons. The summed E-state index contributed by atoms with van der Waals surface area (Å²) in [7, 11) is 0. The van der Waals surface area contributed by atoms with Crippen molar-refractivity contribution in [3.63, 3.8) is 0 Å². The first-order chi connectivity index (χ1) is 8.65. The predicted octanol–water partition coefficient (Wildman–Crippen LogP) is 4.70. The minimum Gasteiger partial charge on any atom is -0.309 e. The Bertz CT molecular complexity index is 540. The highest BCUT2D eigenvalue weighted by atomic mass is 79.9. The summed E-state index contributed by atoms with van der Waals surface area (Å²) in [5, 5.41) is 4.19. The maximum atomic E-state index is 5.98. The van der Waals surface area contributed by atoms with Crippen molar-refractivity contribution in [1.29, 1.82) is 0 Å². The summed E-state index contributed by atoms with van der Waals surface area (Å²) in [5.41, 5.74) is 3.77. The fraction of sp³-hybridized carbons (Fsp3) is 0.200. The van der Waals surface area contributed by atoms with Crippen molar-refractivity contribution in [2.75, 3.05) is 0 Å². The molecular formula is C15H15BrClN. The Morgan fingerprint density at radius 3 is 2.72 bits per heavy atom. The zero-order valence-electron chi connectivity index (χ0n) is 10.2. The van der Waals surface area contributed by atoms with Crippen LogP contribution < -0.4 is 5.32 Å². The van der Waals surface area contributed by atoms with Crippen LogP contribution in [0.1, 0.15) is 16.7 Å². The third-order valence-corrected chi connectivity index (χ3v) is 3.74.